The van der Waals surface area contributed by atoms with E-state index in [9.17, 15) is 22.7 Å². The average molecular weight is 364 g/mol. The van der Waals surface area contributed by atoms with Gasteiger partial charge in [-0.25, -0.2) is 0 Å². The lowest BCUT2D eigenvalue weighted by Gasteiger charge is -2.29. The van der Waals surface area contributed by atoms with Gasteiger partial charge in [0, 0.05) is 11.1 Å². The maximum Gasteiger partial charge on any atom is 0.398 e. The van der Waals surface area contributed by atoms with E-state index < -0.39 is 34.5 Å². The van der Waals surface area contributed by atoms with E-state index >= 15 is 0 Å². The van der Waals surface area contributed by atoms with E-state index in [-0.39, 0.29) is 29.9 Å². The molecular formula is C19H28F4O2. The van der Waals surface area contributed by atoms with Crippen LogP contribution in [-0.4, -0.2) is 16.9 Å². The fraction of sp³-hybridized carbons (Fsp3) is 0.684. The monoisotopic (exact) mass is 364 g/mol. The van der Waals surface area contributed by atoms with Gasteiger partial charge in [0.1, 0.15) is 5.60 Å². The van der Waals surface area contributed by atoms with E-state index in [0.29, 0.717) is 0 Å². The van der Waals surface area contributed by atoms with Gasteiger partial charge in [0.25, 0.3) is 0 Å². The first-order valence-corrected chi connectivity index (χ1v) is 8.62. The van der Waals surface area contributed by atoms with Crippen molar-refractivity contribution in [1.29, 1.82) is 0 Å². The molecule has 6 heteroatoms. The Morgan fingerprint density at radius 1 is 1.12 bits per heavy atom. The molecular weight excluding hydrogens is 336 g/mol. The summed E-state index contributed by atoms with van der Waals surface area (Å²) in [6.45, 7) is 12.2. The van der Waals surface area contributed by atoms with Gasteiger partial charge in [-0.3, -0.25) is 0 Å². The van der Waals surface area contributed by atoms with Crippen molar-refractivity contribution in [3.05, 3.63) is 23.0 Å². The molecule has 144 valence electrons. The van der Waals surface area contributed by atoms with Gasteiger partial charge in [-0.2, -0.15) is 17.6 Å². The molecule has 1 aromatic rings. The highest BCUT2D eigenvalue weighted by Crippen LogP contribution is 2.62. The van der Waals surface area contributed by atoms with Crippen molar-refractivity contribution in [2.75, 3.05) is 0 Å². The zero-order chi connectivity index (χ0) is 19.8. The molecule has 1 N–H and O–H groups in total. The lowest BCUT2D eigenvalue weighted by Crippen LogP contribution is -2.32. The molecule has 0 heterocycles. The number of aromatic hydroxyl groups is 1. The van der Waals surface area contributed by atoms with Gasteiger partial charge in [0.15, 0.2) is 11.5 Å². The second kappa shape index (κ2) is 7.04. The standard InChI is InChI=1S/C17H22F4O2.C2H6/c1-9(2)10-8-11(16(6-7-16)17(19,20)21)14(12(18)13(10)22)23-15(3,4)5;1-2/h8-9,22H,6-7H2,1-5H3;1-2H3. The summed E-state index contributed by atoms with van der Waals surface area (Å²) in [4.78, 5) is 0. The van der Waals surface area contributed by atoms with E-state index in [2.05, 4.69) is 0 Å². The summed E-state index contributed by atoms with van der Waals surface area (Å²) in [5.41, 5.74) is -3.01. The Morgan fingerprint density at radius 2 is 1.60 bits per heavy atom. The van der Waals surface area contributed by atoms with Gasteiger partial charge in [-0.1, -0.05) is 27.7 Å². The average Bonchev–Trinajstić information content (AvgIpc) is 3.26. The van der Waals surface area contributed by atoms with Crippen LogP contribution in [0.25, 0.3) is 0 Å². The summed E-state index contributed by atoms with van der Waals surface area (Å²) >= 11 is 0. The minimum absolute atomic E-state index is 0.0985. The molecule has 0 aliphatic heterocycles. The SMILES string of the molecule is CC.CC(C)c1cc(C2(C(F)(F)F)CC2)c(OC(C)(C)C)c(F)c1O. The van der Waals surface area contributed by atoms with Crippen LogP contribution < -0.4 is 4.74 Å². The van der Waals surface area contributed by atoms with Crippen LogP contribution in [0.3, 0.4) is 0 Å². The number of phenols is 1. The Labute approximate surface area is 147 Å². The predicted octanol–water partition coefficient (Wildman–Crippen LogP) is 6.45. The van der Waals surface area contributed by atoms with Crippen molar-refractivity contribution in [1.82, 2.24) is 0 Å². The summed E-state index contributed by atoms with van der Waals surface area (Å²) in [5, 5.41) is 10.0. The van der Waals surface area contributed by atoms with Gasteiger partial charge in [-0.05, 0) is 45.6 Å². The zero-order valence-corrected chi connectivity index (χ0v) is 15.9. The van der Waals surface area contributed by atoms with Gasteiger partial charge >= 0.3 is 6.18 Å². The molecule has 0 amide bonds. The van der Waals surface area contributed by atoms with Crippen LogP contribution in [0.15, 0.2) is 6.07 Å². The van der Waals surface area contributed by atoms with Gasteiger partial charge in [0.05, 0.1) is 5.41 Å². The summed E-state index contributed by atoms with van der Waals surface area (Å²) in [6, 6.07) is 1.25. The quantitative estimate of drug-likeness (QED) is 0.624. The van der Waals surface area contributed by atoms with Crippen molar-refractivity contribution >= 4 is 0 Å². The summed E-state index contributed by atoms with van der Waals surface area (Å²) in [5.74, 6) is -2.55. The number of hydrogen-bond acceptors (Lipinski definition) is 2. The predicted molar refractivity (Wildman–Crippen MR) is 90.8 cm³/mol. The number of alkyl halides is 3. The number of halogens is 4. The van der Waals surface area contributed by atoms with Gasteiger partial charge in [-0.15, -0.1) is 0 Å². The smallest absolute Gasteiger partial charge is 0.398 e. The minimum atomic E-state index is -4.49. The normalized spacial score (nSPS) is 16.3. The lowest BCUT2D eigenvalue weighted by molar-refractivity contribution is -0.161. The van der Waals surface area contributed by atoms with Gasteiger partial charge in [0.2, 0.25) is 5.82 Å². The van der Waals surface area contributed by atoms with Crippen LogP contribution in [0.5, 0.6) is 11.5 Å². The number of phenolic OH excluding ortho intramolecular Hbond substituents is 1. The molecule has 1 saturated carbocycles. The molecule has 0 radical (unpaired) electrons. The first-order valence-electron chi connectivity index (χ1n) is 8.62. The van der Waals surface area contributed by atoms with E-state index in [1.54, 1.807) is 34.6 Å². The highest BCUT2D eigenvalue weighted by Gasteiger charge is 2.65. The summed E-state index contributed by atoms with van der Waals surface area (Å²) in [7, 11) is 0. The highest BCUT2D eigenvalue weighted by atomic mass is 19.4. The molecule has 1 aliphatic rings. The molecule has 0 saturated heterocycles. The van der Waals surface area contributed by atoms with E-state index in [1.165, 1.54) is 6.07 Å². The van der Waals surface area contributed by atoms with Crippen LogP contribution in [0, 0.1) is 5.82 Å². The van der Waals surface area contributed by atoms with E-state index in [1.807, 2.05) is 13.8 Å². The van der Waals surface area contributed by atoms with Crippen molar-refractivity contribution in [2.45, 2.75) is 84.4 Å². The van der Waals surface area contributed by atoms with Crippen LogP contribution in [-0.2, 0) is 5.41 Å². The van der Waals surface area contributed by atoms with Crippen LogP contribution in [0.2, 0.25) is 0 Å². The molecule has 1 aromatic carbocycles. The Balaban J connectivity index is 0.00000151. The molecule has 2 nitrogen and oxygen atoms in total. The number of hydrogen-bond donors (Lipinski definition) is 1. The summed E-state index contributed by atoms with van der Waals surface area (Å²) < 4.78 is 60.6. The number of benzene rings is 1. The van der Waals surface area contributed by atoms with E-state index in [0.717, 1.165) is 0 Å². The Hall–Kier alpha value is -1.46. The molecule has 0 spiro atoms. The second-order valence-corrected chi connectivity index (χ2v) is 7.45. The molecule has 25 heavy (non-hydrogen) atoms. The minimum Gasteiger partial charge on any atom is -0.505 e. The van der Waals surface area contributed by atoms with Gasteiger partial charge < -0.3 is 9.84 Å². The Kier molecular flexibility index (Phi) is 6.08. The van der Waals surface area contributed by atoms with Crippen LogP contribution in [0.1, 0.15) is 78.4 Å². The molecule has 0 atom stereocenters. The first-order chi connectivity index (χ1) is 11.3. The number of ether oxygens (including phenoxy) is 1. The van der Waals surface area contributed by atoms with Crippen LogP contribution in [0.4, 0.5) is 17.6 Å². The maximum absolute atomic E-state index is 14.6. The number of rotatable bonds is 3. The highest BCUT2D eigenvalue weighted by molar-refractivity contribution is 5.54. The zero-order valence-electron chi connectivity index (χ0n) is 15.9. The maximum atomic E-state index is 14.6. The largest absolute Gasteiger partial charge is 0.505 e. The third-order valence-corrected chi connectivity index (χ3v) is 4.06. The van der Waals surface area contributed by atoms with Crippen molar-refractivity contribution in [3.8, 4) is 11.5 Å². The van der Waals surface area contributed by atoms with Crippen molar-refractivity contribution in [3.63, 3.8) is 0 Å². The van der Waals surface area contributed by atoms with Crippen LogP contribution >= 0.6 is 0 Å². The molecule has 0 bridgehead atoms. The first kappa shape index (κ1) is 21.6. The summed E-state index contributed by atoms with van der Waals surface area (Å²) in [6.07, 6.45) is -4.68. The fourth-order valence-corrected chi connectivity index (χ4v) is 2.67. The van der Waals surface area contributed by atoms with Crippen molar-refractivity contribution in [2.24, 2.45) is 0 Å². The lowest BCUT2D eigenvalue weighted by atomic mass is 9.89. The molecule has 1 aliphatic carbocycles. The Bertz CT molecular complexity index is 609. The molecule has 0 aromatic heterocycles. The topological polar surface area (TPSA) is 29.5 Å². The molecule has 1 fully saturated rings. The molecule has 2 rings (SSSR count). The Morgan fingerprint density at radius 3 is 1.92 bits per heavy atom. The van der Waals surface area contributed by atoms with E-state index in [4.69, 9.17) is 4.74 Å². The molecule has 0 unspecified atom stereocenters. The van der Waals surface area contributed by atoms with Crippen molar-refractivity contribution < 1.29 is 27.4 Å². The third kappa shape index (κ3) is 4.21. The third-order valence-electron chi connectivity index (χ3n) is 4.06. The second-order valence-electron chi connectivity index (χ2n) is 7.45. The fourth-order valence-electron chi connectivity index (χ4n) is 2.67.